The highest BCUT2D eigenvalue weighted by atomic mass is 79.9. The zero-order valence-electron chi connectivity index (χ0n) is 15.3. The summed E-state index contributed by atoms with van der Waals surface area (Å²) in [6.45, 7) is 0.786. The van der Waals surface area contributed by atoms with Crippen LogP contribution in [0.1, 0.15) is 17.2 Å². The highest BCUT2D eigenvalue weighted by Gasteiger charge is 2.21. The number of halogens is 1. The number of terminal acetylenes is 1. The van der Waals surface area contributed by atoms with Gasteiger partial charge >= 0.3 is 0 Å². The van der Waals surface area contributed by atoms with Crippen molar-refractivity contribution >= 4 is 28.3 Å². The largest absolute Gasteiger partial charge is 0.493 e. The second-order valence-electron chi connectivity index (χ2n) is 5.68. The van der Waals surface area contributed by atoms with E-state index in [2.05, 4.69) is 27.2 Å². The first-order valence-electron chi connectivity index (χ1n) is 8.44. The van der Waals surface area contributed by atoms with Crippen LogP contribution in [0.4, 0.5) is 0 Å². The highest BCUT2D eigenvalue weighted by molar-refractivity contribution is 9.10. The van der Waals surface area contributed by atoms with Gasteiger partial charge in [0.15, 0.2) is 11.5 Å². The molecule has 0 saturated carbocycles. The van der Waals surface area contributed by atoms with Gasteiger partial charge in [-0.15, -0.1) is 6.42 Å². The number of carbonyl (C=O) groups excluding carboxylic acids is 2. The molecule has 0 aliphatic rings. The van der Waals surface area contributed by atoms with Crippen molar-refractivity contribution in [2.75, 3.05) is 20.3 Å². The monoisotopic (exact) mass is 445 g/mol. The minimum atomic E-state index is -1.00. The Hall–Kier alpha value is -2.98. The van der Waals surface area contributed by atoms with Gasteiger partial charge in [0.1, 0.15) is 6.61 Å². The molecule has 2 aromatic rings. The molecule has 0 fully saturated rings. The smallest absolute Gasteiger partial charge is 0.294 e. The van der Waals surface area contributed by atoms with Crippen molar-refractivity contribution in [2.24, 2.45) is 0 Å². The Morgan fingerprint density at radius 3 is 2.64 bits per heavy atom. The van der Waals surface area contributed by atoms with E-state index in [9.17, 15) is 9.59 Å². The van der Waals surface area contributed by atoms with Crippen LogP contribution in [-0.4, -0.2) is 32.6 Å². The lowest BCUT2D eigenvalue weighted by Crippen LogP contribution is -2.32. The predicted octanol–water partition coefficient (Wildman–Crippen LogP) is 3.04. The summed E-state index contributed by atoms with van der Waals surface area (Å²) < 4.78 is 16.5. The molecule has 0 aliphatic carbocycles. The molecule has 0 spiro atoms. The molecule has 28 heavy (non-hydrogen) atoms. The summed E-state index contributed by atoms with van der Waals surface area (Å²) >= 11 is 3.33. The van der Waals surface area contributed by atoms with Crippen LogP contribution in [0.2, 0.25) is 0 Å². The quantitative estimate of drug-likeness (QED) is 0.449. The lowest BCUT2D eigenvalue weighted by molar-refractivity contribution is -0.145. The highest BCUT2D eigenvalue weighted by Crippen LogP contribution is 2.28. The molecular formula is C21H20BrNO5. The van der Waals surface area contributed by atoms with E-state index in [0.29, 0.717) is 30.0 Å². The van der Waals surface area contributed by atoms with Gasteiger partial charge in [0.25, 0.3) is 12.4 Å². The molecular weight excluding hydrogens is 426 g/mol. The predicted molar refractivity (Wildman–Crippen MR) is 108 cm³/mol. The maximum atomic E-state index is 12.4. The van der Waals surface area contributed by atoms with Gasteiger partial charge in [0.05, 0.1) is 7.11 Å². The van der Waals surface area contributed by atoms with Crippen LogP contribution in [0.25, 0.3) is 0 Å². The van der Waals surface area contributed by atoms with Gasteiger partial charge in [0, 0.05) is 16.6 Å². The first-order valence-corrected chi connectivity index (χ1v) is 9.23. The average Bonchev–Trinajstić information content (AvgIpc) is 2.71. The Balaban J connectivity index is 1.97. The second-order valence-corrected chi connectivity index (χ2v) is 6.60. The Bertz CT molecular complexity index is 845. The van der Waals surface area contributed by atoms with Gasteiger partial charge in [-0.2, -0.15) is 0 Å². The normalized spacial score (nSPS) is 11.0. The summed E-state index contributed by atoms with van der Waals surface area (Å²) in [6, 6.07) is 12.5. The van der Waals surface area contributed by atoms with Crippen molar-refractivity contribution < 1.29 is 23.8 Å². The number of methoxy groups -OCH3 is 1. The molecule has 0 heterocycles. The zero-order chi connectivity index (χ0) is 20.4. The molecule has 2 aromatic carbocycles. The number of amides is 1. The number of hydrogen-bond donors (Lipinski definition) is 1. The van der Waals surface area contributed by atoms with Crippen LogP contribution in [0.5, 0.6) is 11.5 Å². The van der Waals surface area contributed by atoms with Crippen molar-refractivity contribution in [1.82, 2.24) is 5.32 Å². The van der Waals surface area contributed by atoms with Crippen LogP contribution >= 0.6 is 15.9 Å². The standard InChI is InChI=1S/C21H20BrNO5/c1-3-12-27-18-9-4-15(13-19(18)26-2)10-11-23-21(25)20(28-14-24)16-5-7-17(22)8-6-16/h1,4-9,13-14,20H,10-12H2,2H3,(H,23,25). The third-order valence-corrected chi connectivity index (χ3v) is 4.38. The molecule has 0 aliphatic heterocycles. The van der Waals surface area contributed by atoms with Crippen LogP contribution in [0, 0.1) is 12.3 Å². The Kier molecular flexibility index (Phi) is 8.37. The van der Waals surface area contributed by atoms with Crippen LogP contribution in [0.15, 0.2) is 46.9 Å². The topological polar surface area (TPSA) is 73.9 Å². The lowest BCUT2D eigenvalue weighted by Gasteiger charge is -2.16. The van der Waals surface area contributed by atoms with Crippen LogP contribution in [-0.2, 0) is 20.7 Å². The Morgan fingerprint density at radius 1 is 1.25 bits per heavy atom. The molecule has 146 valence electrons. The molecule has 2 rings (SSSR count). The molecule has 0 aromatic heterocycles. The summed E-state index contributed by atoms with van der Waals surface area (Å²) in [6.07, 6.45) is 4.76. The number of ether oxygens (including phenoxy) is 3. The number of rotatable bonds is 10. The average molecular weight is 446 g/mol. The van der Waals surface area contributed by atoms with E-state index in [1.54, 1.807) is 37.4 Å². The fraction of sp³-hybridized carbons (Fsp3) is 0.238. The zero-order valence-corrected chi connectivity index (χ0v) is 16.9. The fourth-order valence-electron chi connectivity index (χ4n) is 2.51. The van der Waals surface area contributed by atoms with E-state index in [1.807, 2.05) is 12.1 Å². The molecule has 0 bridgehead atoms. The first-order chi connectivity index (χ1) is 13.6. The fourth-order valence-corrected chi connectivity index (χ4v) is 2.78. The van der Waals surface area contributed by atoms with Gasteiger partial charge < -0.3 is 19.5 Å². The van der Waals surface area contributed by atoms with Gasteiger partial charge in [-0.25, -0.2) is 0 Å². The van der Waals surface area contributed by atoms with Gasteiger partial charge in [0.2, 0.25) is 6.10 Å². The third-order valence-electron chi connectivity index (χ3n) is 3.85. The van der Waals surface area contributed by atoms with Gasteiger partial charge in [-0.3, -0.25) is 9.59 Å². The van der Waals surface area contributed by atoms with Crippen molar-refractivity contribution in [1.29, 1.82) is 0 Å². The number of benzene rings is 2. The molecule has 7 heteroatoms. The van der Waals surface area contributed by atoms with Crippen molar-refractivity contribution in [3.8, 4) is 23.8 Å². The number of hydrogen-bond acceptors (Lipinski definition) is 5. The van der Waals surface area contributed by atoms with Crippen LogP contribution < -0.4 is 14.8 Å². The maximum Gasteiger partial charge on any atom is 0.294 e. The van der Waals surface area contributed by atoms with Crippen molar-refractivity contribution in [3.05, 3.63) is 58.1 Å². The first kappa shape index (κ1) is 21.3. The molecule has 6 nitrogen and oxygen atoms in total. The summed E-state index contributed by atoms with van der Waals surface area (Å²) in [7, 11) is 1.54. The van der Waals surface area contributed by atoms with E-state index in [4.69, 9.17) is 20.6 Å². The van der Waals surface area contributed by atoms with Crippen LogP contribution in [0.3, 0.4) is 0 Å². The molecule has 0 radical (unpaired) electrons. The minimum Gasteiger partial charge on any atom is -0.493 e. The Labute approximate surface area is 172 Å². The van der Waals surface area contributed by atoms with Gasteiger partial charge in [-0.1, -0.05) is 40.0 Å². The SMILES string of the molecule is C#CCOc1ccc(CCNC(=O)C(OC=O)c2ccc(Br)cc2)cc1OC. The molecule has 0 saturated heterocycles. The van der Waals surface area contributed by atoms with E-state index < -0.39 is 12.0 Å². The van der Waals surface area contributed by atoms with Gasteiger partial charge in [-0.05, 0) is 36.2 Å². The van der Waals surface area contributed by atoms with E-state index >= 15 is 0 Å². The van der Waals surface area contributed by atoms with E-state index in [0.717, 1.165) is 10.0 Å². The summed E-state index contributed by atoms with van der Waals surface area (Å²) in [5, 5.41) is 2.78. The van der Waals surface area contributed by atoms with E-state index in [-0.39, 0.29) is 13.1 Å². The van der Waals surface area contributed by atoms with Crippen molar-refractivity contribution in [3.63, 3.8) is 0 Å². The van der Waals surface area contributed by atoms with Crippen molar-refractivity contribution in [2.45, 2.75) is 12.5 Å². The summed E-state index contributed by atoms with van der Waals surface area (Å²) in [5.41, 5.74) is 1.53. The number of nitrogens with one attached hydrogen (secondary N) is 1. The summed E-state index contributed by atoms with van der Waals surface area (Å²) in [4.78, 5) is 23.2. The minimum absolute atomic E-state index is 0.153. The maximum absolute atomic E-state index is 12.4. The molecule has 1 N–H and O–H groups in total. The third kappa shape index (κ3) is 6.03. The second kappa shape index (κ2) is 11.0. The summed E-state index contributed by atoms with van der Waals surface area (Å²) in [5.74, 6) is 3.13. The molecule has 1 unspecified atom stereocenters. The number of carbonyl (C=O) groups is 2. The lowest BCUT2D eigenvalue weighted by atomic mass is 10.1. The Morgan fingerprint density at radius 2 is 2.00 bits per heavy atom. The molecule has 1 amide bonds. The van der Waals surface area contributed by atoms with E-state index in [1.165, 1.54) is 0 Å². The molecule has 1 atom stereocenters.